The van der Waals surface area contributed by atoms with Crippen LogP contribution in [0.25, 0.3) is 0 Å². The molecule has 0 bridgehead atoms. The first-order chi connectivity index (χ1) is 8.74. The largest absolute Gasteiger partial charge is 0.477 e. The van der Waals surface area contributed by atoms with E-state index in [-0.39, 0.29) is 0 Å². The molecule has 0 radical (unpaired) electrons. The van der Waals surface area contributed by atoms with Crippen molar-refractivity contribution in [3.63, 3.8) is 0 Å². The molecular weight excluding hydrogens is 316 g/mol. The molecule has 0 aromatic carbocycles. The fourth-order valence-electron chi connectivity index (χ4n) is 1.55. The second-order valence-corrected chi connectivity index (χ2v) is 6.00. The van der Waals surface area contributed by atoms with Gasteiger partial charge < -0.3 is 9.84 Å². The standard InChI is InChI=1S/C13H19BrO3S/c14-8-3-1-2-4-9-17-10-7-11-5-6-12(18-11)13(15)16/h5-6H,1-4,7-10H2,(H,15,16). The van der Waals surface area contributed by atoms with Crippen LogP contribution >= 0.6 is 27.3 Å². The van der Waals surface area contributed by atoms with Crippen molar-refractivity contribution in [3.05, 3.63) is 21.9 Å². The summed E-state index contributed by atoms with van der Waals surface area (Å²) in [5, 5.41) is 9.87. The molecule has 1 heterocycles. The van der Waals surface area contributed by atoms with Crippen LogP contribution in [0.1, 0.15) is 40.2 Å². The van der Waals surface area contributed by atoms with E-state index in [4.69, 9.17) is 9.84 Å². The minimum atomic E-state index is -0.848. The molecule has 0 spiro atoms. The Labute approximate surface area is 120 Å². The molecule has 0 amide bonds. The number of rotatable bonds is 10. The SMILES string of the molecule is O=C(O)c1ccc(CCOCCCCCCBr)s1. The topological polar surface area (TPSA) is 46.5 Å². The van der Waals surface area contributed by atoms with Crippen LogP contribution in [0.3, 0.4) is 0 Å². The van der Waals surface area contributed by atoms with Crippen molar-refractivity contribution in [2.75, 3.05) is 18.5 Å². The third-order valence-electron chi connectivity index (χ3n) is 2.54. The average molecular weight is 335 g/mol. The van der Waals surface area contributed by atoms with Crippen molar-refractivity contribution < 1.29 is 14.6 Å². The maximum atomic E-state index is 10.7. The normalized spacial score (nSPS) is 10.7. The molecule has 1 rings (SSSR count). The molecule has 0 aliphatic carbocycles. The third-order valence-corrected chi connectivity index (χ3v) is 4.23. The molecule has 0 saturated heterocycles. The summed E-state index contributed by atoms with van der Waals surface area (Å²) < 4.78 is 5.54. The van der Waals surface area contributed by atoms with E-state index in [0.717, 1.165) is 29.7 Å². The van der Waals surface area contributed by atoms with E-state index in [1.165, 1.54) is 30.6 Å². The van der Waals surface area contributed by atoms with E-state index in [0.29, 0.717) is 11.5 Å². The summed E-state index contributed by atoms with van der Waals surface area (Å²) >= 11 is 4.74. The zero-order chi connectivity index (χ0) is 13.2. The summed E-state index contributed by atoms with van der Waals surface area (Å²) in [5.74, 6) is -0.848. The fourth-order valence-corrected chi connectivity index (χ4v) is 2.78. The summed E-state index contributed by atoms with van der Waals surface area (Å²) in [6, 6.07) is 3.52. The smallest absolute Gasteiger partial charge is 0.345 e. The molecule has 0 unspecified atom stereocenters. The molecule has 0 aliphatic rings. The quantitative estimate of drug-likeness (QED) is 0.520. The van der Waals surface area contributed by atoms with Crippen LogP contribution in [0.2, 0.25) is 0 Å². The van der Waals surface area contributed by atoms with Crippen molar-refractivity contribution in [1.82, 2.24) is 0 Å². The van der Waals surface area contributed by atoms with Crippen molar-refractivity contribution in [3.8, 4) is 0 Å². The van der Waals surface area contributed by atoms with Crippen LogP contribution in [0.5, 0.6) is 0 Å². The van der Waals surface area contributed by atoms with E-state index in [1.54, 1.807) is 6.07 Å². The van der Waals surface area contributed by atoms with Crippen LogP contribution < -0.4 is 0 Å². The molecule has 1 N–H and O–H groups in total. The molecule has 102 valence electrons. The highest BCUT2D eigenvalue weighted by Gasteiger charge is 2.06. The second-order valence-electron chi connectivity index (χ2n) is 4.04. The lowest BCUT2D eigenvalue weighted by atomic mass is 10.2. The number of ether oxygens (including phenoxy) is 1. The van der Waals surface area contributed by atoms with E-state index in [1.807, 2.05) is 6.07 Å². The number of thiophene rings is 1. The van der Waals surface area contributed by atoms with E-state index in [9.17, 15) is 4.79 Å². The molecule has 0 aliphatic heterocycles. The second kappa shape index (κ2) is 9.53. The molecular formula is C13H19BrO3S. The minimum Gasteiger partial charge on any atom is -0.477 e. The predicted octanol–water partition coefficient (Wildman–Crippen LogP) is 3.96. The van der Waals surface area contributed by atoms with E-state index >= 15 is 0 Å². The first kappa shape index (κ1) is 15.7. The number of hydrogen-bond acceptors (Lipinski definition) is 3. The number of alkyl halides is 1. The summed E-state index contributed by atoms with van der Waals surface area (Å²) in [7, 11) is 0. The van der Waals surface area contributed by atoms with Crippen LogP contribution in [-0.4, -0.2) is 29.6 Å². The van der Waals surface area contributed by atoms with Gasteiger partial charge in [0.2, 0.25) is 0 Å². The third kappa shape index (κ3) is 6.52. The Morgan fingerprint density at radius 3 is 2.67 bits per heavy atom. The average Bonchev–Trinajstić information content (AvgIpc) is 2.81. The maximum Gasteiger partial charge on any atom is 0.345 e. The van der Waals surface area contributed by atoms with Gasteiger partial charge in [0.15, 0.2) is 0 Å². The summed E-state index contributed by atoms with van der Waals surface area (Å²) in [5.41, 5.74) is 0. The molecule has 1 aromatic rings. The lowest BCUT2D eigenvalue weighted by Crippen LogP contribution is -1.99. The van der Waals surface area contributed by atoms with Crippen molar-refractivity contribution >= 4 is 33.2 Å². The van der Waals surface area contributed by atoms with Gasteiger partial charge in [-0.3, -0.25) is 0 Å². The van der Waals surface area contributed by atoms with Gasteiger partial charge in [0.05, 0.1) is 6.61 Å². The molecule has 0 atom stereocenters. The Kier molecular flexibility index (Phi) is 8.29. The highest BCUT2D eigenvalue weighted by atomic mass is 79.9. The van der Waals surface area contributed by atoms with Gasteiger partial charge in [-0.05, 0) is 25.0 Å². The summed E-state index contributed by atoms with van der Waals surface area (Å²) in [4.78, 5) is 12.2. The highest BCUT2D eigenvalue weighted by Crippen LogP contribution is 2.16. The van der Waals surface area contributed by atoms with Crippen LogP contribution in [0.15, 0.2) is 12.1 Å². The number of halogens is 1. The van der Waals surface area contributed by atoms with Gasteiger partial charge in [-0.15, -0.1) is 11.3 Å². The maximum absolute atomic E-state index is 10.7. The molecule has 5 heteroatoms. The van der Waals surface area contributed by atoms with Gasteiger partial charge in [-0.25, -0.2) is 4.79 Å². The Hall–Kier alpha value is -0.390. The number of unbranched alkanes of at least 4 members (excludes halogenated alkanes) is 3. The molecule has 0 saturated carbocycles. The van der Waals surface area contributed by atoms with Crippen molar-refractivity contribution in [2.24, 2.45) is 0 Å². The van der Waals surface area contributed by atoms with Gasteiger partial charge in [-0.2, -0.15) is 0 Å². The first-order valence-corrected chi connectivity index (χ1v) is 8.13. The highest BCUT2D eigenvalue weighted by molar-refractivity contribution is 9.09. The lowest BCUT2D eigenvalue weighted by Gasteiger charge is -2.02. The molecule has 0 fully saturated rings. The van der Waals surface area contributed by atoms with Crippen LogP contribution in [0.4, 0.5) is 0 Å². The van der Waals surface area contributed by atoms with Crippen molar-refractivity contribution in [1.29, 1.82) is 0 Å². The van der Waals surface area contributed by atoms with Gasteiger partial charge in [-0.1, -0.05) is 28.8 Å². The minimum absolute atomic E-state index is 0.403. The van der Waals surface area contributed by atoms with Gasteiger partial charge in [0.1, 0.15) is 4.88 Å². The Morgan fingerprint density at radius 2 is 2.00 bits per heavy atom. The zero-order valence-corrected chi connectivity index (χ0v) is 12.8. The Morgan fingerprint density at radius 1 is 1.22 bits per heavy atom. The summed E-state index contributed by atoms with van der Waals surface area (Å²) in [6.45, 7) is 1.48. The fraction of sp³-hybridized carbons (Fsp3) is 0.615. The van der Waals surface area contributed by atoms with Gasteiger partial charge >= 0.3 is 5.97 Å². The van der Waals surface area contributed by atoms with Gasteiger partial charge in [0, 0.05) is 23.2 Å². The first-order valence-electron chi connectivity index (χ1n) is 6.19. The predicted molar refractivity (Wildman–Crippen MR) is 78.1 cm³/mol. The number of carboxylic acids is 1. The lowest BCUT2D eigenvalue weighted by molar-refractivity contribution is 0.0702. The zero-order valence-electron chi connectivity index (χ0n) is 10.4. The number of hydrogen-bond donors (Lipinski definition) is 1. The molecule has 3 nitrogen and oxygen atoms in total. The Balaban J connectivity index is 2.02. The Bertz CT molecular complexity index is 352. The van der Waals surface area contributed by atoms with Gasteiger partial charge in [0.25, 0.3) is 0 Å². The number of carbonyl (C=O) groups is 1. The monoisotopic (exact) mass is 334 g/mol. The van der Waals surface area contributed by atoms with E-state index < -0.39 is 5.97 Å². The summed E-state index contributed by atoms with van der Waals surface area (Å²) in [6.07, 6.45) is 5.61. The number of carboxylic acid groups (broad SMARTS) is 1. The van der Waals surface area contributed by atoms with Crippen molar-refractivity contribution in [2.45, 2.75) is 32.1 Å². The molecule has 1 aromatic heterocycles. The van der Waals surface area contributed by atoms with E-state index in [2.05, 4.69) is 15.9 Å². The molecule has 18 heavy (non-hydrogen) atoms. The van der Waals surface area contributed by atoms with Crippen LogP contribution in [0, 0.1) is 0 Å². The number of aromatic carboxylic acids is 1. The van der Waals surface area contributed by atoms with Crippen LogP contribution in [-0.2, 0) is 11.2 Å².